The van der Waals surface area contributed by atoms with Crippen molar-refractivity contribution in [3.63, 3.8) is 0 Å². The van der Waals surface area contributed by atoms with Crippen LogP contribution in [0.3, 0.4) is 0 Å². The Morgan fingerprint density at radius 3 is 2.73 bits per heavy atom. The van der Waals surface area contributed by atoms with Gasteiger partial charge in [-0.25, -0.2) is 4.98 Å². The number of ether oxygens (including phenoxy) is 2. The number of piperidine rings is 1. The number of amides is 1. The monoisotopic (exact) mass is 407 g/mol. The number of pyridine rings is 1. The topological polar surface area (TPSA) is 72.0 Å². The molecule has 2 aromatic rings. The van der Waals surface area contributed by atoms with Crippen LogP contribution in [0.4, 0.5) is 11.5 Å². The van der Waals surface area contributed by atoms with E-state index in [1.54, 1.807) is 12.3 Å². The van der Waals surface area contributed by atoms with Crippen LogP contribution in [0.1, 0.15) is 46.9 Å². The molecule has 1 aromatic carbocycles. The van der Waals surface area contributed by atoms with Crippen molar-refractivity contribution in [3.8, 4) is 11.5 Å². The second-order valence-corrected chi connectivity index (χ2v) is 8.16. The van der Waals surface area contributed by atoms with E-state index in [0.717, 1.165) is 31.6 Å². The Morgan fingerprint density at radius 2 is 1.90 bits per heavy atom. The smallest absolute Gasteiger partial charge is 0.255 e. The summed E-state index contributed by atoms with van der Waals surface area (Å²) in [6, 6.07) is 7.43. The van der Waals surface area contributed by atoms with Crippen LogP contribution in [-0.2, 0) is 0 Å². The Morgan fingerprint density at radius 1 is 1.07 bits per heavy atom. The zero-order valence-corrected chi connectivity index (χ0v) is 17.1. The number of aromatic nitrogens is 1. The molecular formula is C23H25N3O4. The number of rotatable bonds is 2. The number of carbonyl (C=O) groups is 2. The van der Waals surface area contributed by atoms with Crippen LogP contribution in [0, 0.1) is 5.92 Å². The predicted molar refractivity (Wildman–Crippen MR) is 112 cm³/mol. The number of likely N-dealkylation sites (tertiary alicyclic amines) is 1. The molecule has 1 atom stereocenters. The van der Waals surface area contributed by atoms with Crippen LogP contribution < -0.4 is 14.4 Å². The zero-order chi connectivity index (χ0) is 20.7. The number of nitrogens with zero attached hydrogens (tertiary/aromatic N) is 3. The Bertz CT molecular complexity index is 1000. The van der Waals surface area contributed by atoms with Crippen molar-refractivity contribution in [1.82, 2.24) is 9.88 Å². The number of benzene rings is 1. The molecule has 3 aliphatic rings. The molecule has 0 saturated carbocycles. The van der Waals surface area contributed by atoms with E-state index in [9.17, 15) is 9.59 Å². The summed E-state index contributed by atoms with van der Waals surface area (Å²) in [4.78, 5) is 33.7. The van der Waals surface area contributed by atoms with Crippen LogP contribution in [0.15, 0.2) is 30.5 Å². The molecule has 0 N–H and O–H groups in total. The number of hydrogen-bond donors (Lipinski definition) is 0. The van der Waals surface area contributed by atoms with Gasteiger partial charge in [0.1, 0.15) is 12.4 Å². The van der Waals surface area contributed by atoms with Gasteiger partial charge in [-0.15, -0.1) is 0 Å². The fraction of sp³-hybridized carbons (Fsp3) is 0.435. The van der Waals surface area contributed by atoms with Crippen molar-refractivity contribution in [3.05, 3.63) is 41.6 Å². The summed E-state index contributed by atoms with van der Waals surface area (Å²) in [6.07, 6.45) is 4.92. The van der Waals surface area contributed by atoms with Gasteiger partial charge in [0, 0.05) is 31.0 Å². The van der Waals surface area contributed by atoms with Crippen LogP contribution >= 0.6 is 0 Å². The van der Waals surface area contributed by atoms with E-state index in [4.69, 9.17) is 9.47 Å². The quantitative estimate of drug-likeness (QED) is 0.759. The average molecular weight is 407 g/mol. The van der Waals surface area contributed by atoms with Crippen molar-refractivity contribution in [2.24, 2.45) is 5.92 Å². The first-order valence-corrected chi connectivity index (χ1v) is 10.6. The summed E-state index contributed by atoms with van der Waals surface area (Å²) < 4.78 is 11.6. The van der Waals surface area contributed by atoms with Crippen LogP contribution in [0.2, 0.25) is 0 Å². The first-order valence-electron chi connectivity index (χ1n) is 10.6. The lowest BCUT2D eigenvalue weighted by atomic mass is 9.96. The summed E-state index contributed by atoms with van der Waals surface area (Å²) in [5.41, 5.74) is 2.08. The summed E-state index contributed by atoms with van der Waals surface area (Å²) in [5, 5.41) is 0. The highest BCUT2D eigenvalue weighted by atomic mass is 16.5. The molecular weight excluding hydrogens is 382 g/mol. The van der Waals surface area contributed by atoms with E-state index < -0.39 is 0 Å². The SMILES string of the molecule is CC1COc2cc(N3CCOc4cc(C(=O)N5CCCCC5)cnc43)ccc2C1=O. The van der Waals surface area contributed by atoms with Gasteiger partial charge < -0.3 is 19.3 Å². The molecule has 0 bridgehead atoms. The number of anilines is 2. The number of fused-ring (bicyclic) bond motifs is 2. The van der Waals surface area contributed by atoms with Crippen LogP contribution in [-0.4, -0.2) is 54.4 Å². The lowest BCUT2D eigenvalue weighted by Crippen LogP contribution is -2.36. The maximum Gasteiger partial charge on any atom is 0.255 e. The third-order valence-electron chi connectivity index (χ3n) is 6.03. The van der Waals surface area contributed by atoms with Gasteiger partial charge in [0.05, 0.1) is 30.2 Å². The van der Waals surface area contributed by atoms with Gasteiger partial charge in [0.25, 0.3) is 5.91 Å². The highest BCUT2D eigenvalue weighted by Gasteiger charge is 2.28. The van der Waals surface area contributed by atoms with E-state index in [0.29, 0.717) is 48.2 Å². The molecule has 5 rings (SSSR count). The Balaban J connectivity index is 1.43. The molecule has 1 amide bonds. The van der Waals surface area contributed by atoms with Gasteiger partial charge in [-0.05, 0) is 37.5 Å². The van der Waals surface area contributed by atoms with Crippen molar-refractivity contribution >= 4 is 23.2 Å². The molecule has 30 heavy (non-hydrogen) atoms. The molecule has 0 radical (unpaired) electrons. The molecule has 1 fully saturated rings. The lowest BCUT2D eigenvalue weighted by molar-refractivity contribution is 0.0723. The second-order valence-electron chi connectivity index (χ2n) is 8.16. The first-order chi connectivity index (χ1) is 14.6. The highest BCUT2D eigenvalue weighted by Crippen LogP contribution is 2.38. The summed E-state index contributed by atoms with van der Waals surface area (Å²) >= 11 is 0. The van der Waals surface area contributed by atoms with Crippen LogP contribution in [0.25, 0.3) is 0 Å². The van der Waals surface area contributed by atoms with Gasteiger partial charge in [-0.3, -0.25) is 9.59 Å². The summed E-state index contributed by atoms with van der Waals surface area (Å²) in [6.45, 7) is 5.00. The van der Waals surface area contributed by atoms with E-state index >= 15 is 0 Å². The predicted octanol–water partition coefficient (Wildman–Crippen LogP) is 3.45. The summed E-state index contributed by atoms with van der Waals surface area (Å²) in [5.74, 6) is 1.90. The Labute approximate surface area is 175 Å². The average Bonchev–Trinajstić information content (AvgIpc) is 2.80. The maximum atomic E-state index is 12.8. The molecule has 1 aromatic heterocycles. The second kappa shape index (κ2) is 7.63. The van der Waals surface area contributed by atoms with E-state index in [2.05, 4.69) is 4.98 Å². The van der Waals surface area contributed by atoms with Gasteiger partial charge in [-0.1, -0.05) is 6.92 Å². The Hall–Kier alpha value is -3.09. The molecule has 1 unspecified atom stereocenters. The van der Waals surface area contributed by atoms with E-state index in [-0.39, 0.29) is 17.6 Å². The fourth-order valence-electron chi connectivity index (χ4n) is 4.30. The normalized spacial score (nSPS) is 20.7. The molecule has 1 saturated heterocycles. The summed E-state index contributed by atoms with van der Waals surface area (Å²) in [7, 11) is 0. The zero-order valence-electron chi connectivity index (χ0n) is 17.1. The minimum atomic E-state index is -0.120. The molecule has 156 valence electrons. The Kier molecular flexibility index (Phi) is 4.81. The third-order valence-corrected chi connectivity index (χ3v) is 6.03. The van der Waals surface area contributed by atoms with E-state index in [1.165, 1.54) is 6.42 Å². The molecule has 3 aliphatic heterocycles. The lowest BCUT2D eigenvalue weighted by Gasteiger charge is -2.32. The van der Waals surface area contributed by atoms with E-state index in [1.807, 2.05) is 34.9 Å². The molecule has 7 nitrogen and oxygen atoms in total. The first kappa shape index (κ1) is 18.9. The molecule has 4 heterocycles. The maximum absolute atomic E-state index is 12.8. The van der Waals surface area contributed by atoms with Crippen LogP contribution in [0.5, 0.6) is 11.5 Å². The molecule has 7 heteroatoms. The largest absolute Gasteiger partial charge is 0.492 e. The van der Waals surface area contributed by atoms with Crippen molar-refractivity contribution in [2.75, 3.05) is 37.7 Å². The molecule has 0 spiro atoms. The number of carbonyl (C=O) groups excluding carboxylic acids is 2. The highest BCUT2D eigenvalue weighted by molar-refractivity contribution is 6.01. The van der Waals surface area contributed by atoms with Gasteiger partial charge in [-0.2, -0.15) is 0 Å². The minimum Gasteiger partial charge on any atom is -0.492 e. The number of Topliss-reactive ketones (excluding diaryl/α,β-unsaturated/α-hetero) is 1. The van der Waals surface area contributed by atoms with Crippen molar-refractivity contribution < 1.29 is 19.1 Å². The number of hydrogen-bond acceptors (Lipinski definition) is 6. The van der Waals surface area contributed by atoms with Gasteiger partial charge in [0.2, 0.25) is 0 Å². The number of ketones is 1. The van der Waals surface area contributed by atoms with Gasteiger partial charge >= 0.3 is 0 Å². The van der Waals surface area contributed by atoms with Crippen molar-refractivity contribution in [2.45, 2.75) is 26.2 Å². The fourth-order valence-corrected chi connectivity index (χ4v) is 4.30. The van der Waals surface area contributed by atoms with Crippen molar-refractivity contribution in [1.29, 1.82) is 0 Å². The third kappa shape index (κ3) is 3.28. The minimum absolute atomic E-state index is 0.0144. The van der Waals surface area contributed by atoms with Gasteiger partial charge in [0.15, 0.2) is 17.4 Å². The standard InChI is InChI=1S/C23H25N3O4/c1-15-14-30-19-12-17(5-6-18(19)21(15)27)26-9-10-29-20-11-16(13-24-22(20)26)23(28)25-7-3-2-4-8-25/h5-6,11-13,15H,2-4,7-10,14H2,1H3. The molecule has 0 aliphatic carbocycles.